The van der Waals surface area contributed by atoms with Crippen molar-refractivity contribution >= 4 is 16.2 Å². The molecule has 0 saturated carbocycles. The molecule has 0 aliphatic carbocycles. The lowest BCUT2D eigenvalue weighted by Gasteiger charge is -2.39. The lowest BCUT2D eigenvalue weighted by molar-refractivity contribution is -0.192. The molecular formula is C17H32F3N3O6S. The first-order chi connectivity index (χ1) is 13.8. The molecule has 1 spiro atoms. The fourth-order valence-corrected chi connectivity index (χ4v) is 4.97. The van der Waals surface area contributed by atoms with Crippen LogP contribution >= 0.6 is 0 Å². The Kier molecular flexibility index (Phi) is 9.96. The third kappa shape index (κ3) is 7.31. The van der Waals surface area contributed by atoms with Gasteiger partial charge in [-0.15, -0.1) is 0 Å². The lowest BCUT2D eigenvalue weighted by atomic mass is 9.77. The van der Waals surface area contributed by atoms with E-state index in [0.717, 1.165) is 45.6 Å². The van der Waals surface area contributed by atoms with E-state index in [-0.39, 0.29) is 5.41 Å². The minimum Gasteiger partial charge on any atom is -0.475 e. The molecule has 178 valence electrons. The smallest absolute Gasteiger partial charge is 0.475 e. The molecule has 1 N–H and O–H groups in total. The van der Waals surface area contributed by atoms with Gasteiger partial charge in [0.25, 0.3) is 10.2 Å². The van der Waals surface area contributed by atoms with E-state index in [1.165, 1.54) is 4.31 Å². The first-order valence-corrected chi connectivity index (χ1v) is 10.9. The number of methoxy groups -OCH3 is 2. The van der Waals surface area contributed by atoms with Crippen LogP contribution in [0.4, 0.5) is 13.2 Å². The summed E-state index contributed by atoms with van der Waals surface area (Å²) in [5.41, 5.74) is 0.218. The molecule has 13 heteroatoms. The molecule has 1 unspecified atom stereocenters. The number of hydrogen-bond acceptors (Lipinski definition) is 6. The monoisotopic (exact) mass is 463 g/mol. The minimum atomic E-state index is -5.08. The molecule has 9 nitrogen and oxygen atoms in total. The molecule has 2 rings (SSSR count). The molecule has 2 aliphatic rings. The van der Waals surface area contributed by atoms with Gasteiger partial charge in [-0.05, 0) is 24.7 Å². The number of nitrogens with zero attached hydrogens (tertiary/aromatic N) is 3. The van der Waals surface area contributed by atoms with E-state index >= 15 is 0 Å². The van der Waals surface area contributed by atoms with Gasteiger partial charge < -0.3 is 14.6 Å². The topological polar surface area (TPSA) is 99.6 Å². The van der Waals surface area contributed by atoms with Gasteiger partial charge in [-0.2, -0.15) is 30.2 Å². The van der Waals surface area contributed by atoms with Crippen LogP contribution in [0, 0.1) is 5.41 Å². The summed E-state index contributed by atoms with van der Waals surface area (Å²) < 4.78 is 69.8. The van der Waals surface area contributed by atoms with Crippen molar-refractivity contribution in [2.24, 2.45) is 5.41 Å². The summed E-state index contributed by atoms with van der Waals surface area (Å²) >= 11 is 0. The number of alkyl halides is 3. The Labute approximate surface area is 175 Å². The molecule has 30 heavy (non-hydrogen) atoms. The molecule has 2 heterocycles. The first-order valence-electron chi connectivity index (χ1n) is 9.49. The van der Waals surface area contributed by atoms with Crippen molar-refractivity contribution in [3.8, 4) is 0 Å². The molecule has 0 aromatic rings. The average Bonchev–Trinajstić information content (AvgIpc) is 2.97. The highest BCUT2D eigenvalue weighted by Crippen LogP contribution is 2.43. The molecule has 1 atom stereocenters. The summed E-state index contributed by atoms with van der Waals surface area (Å²) in [6, 6.07) is 0.409. The number of carboxylic acids is 1. The number of piperidine rings is 1. The zero-order chi connectivity index (χ0) is 23.2. The lowest BCUT2D eigenvalue weighted by Crippen LogP contribution is -2.48. The van der Waals surface area contributed by atoms with Gasteiger partial charge in [0.05, 0.1) is 13.2 Å². The Morgan fingerprint density at radius 1 is 1.20 bits per heavy atom. The number of carboxylic acid groups (broad SMARTS) is 1. The molecule has 2 fully saturated rings. The van der Waals surface area contributed by atoms with Gasteiger partial charge in [-0.25, -0.2) is 4.79 Å². The largest absolute Gasteiger partial charge is 0.490 e. The van der Waals surface area contributed by atoms with E-state index in [1.54, 1.807) is 32.6 Å². The quantitative estimate of drug-likeness (QED) is 0.598. The van der Waals surface area contributed by atoms with Crippen molar-refractivity contribution in [3.05, 3.63) is 0 Å². The Morgan fingerprint density at radius 3 is 2.13 bits per heavy atom. The fraction of sp³-hybridized carbons (Fsp3) is 0.941. The van der Waals surface area contributed by atoms with Crippen molar-refractivity contribution in [1.29, 1.82) is 0 Å². The standard InChI is InChI=1S/C15H31N3O4S.C2HF3O2/c1-16(2)23(19,20)18-7-5-15(6-8-18)11-14(12-22-4)17(13-15)9-10-21-3;3-2(4,5)1(6)7/h14H,5-13H2,1-4H3;(H,6,7). The second kappa shape index (κ2) is 11.0. The van der Waals surface area contributed by atoms with Gasteiger partial charge in [-0.3, -0.25) is 4.90 Å². The van der Waals surface area contributed by atoms with Crippen LogP contribution in [-0.4, -0.2) is 113 Å². The second-order valence-corrected chi connectivity index (χ2v) is 9.91. The molecule has 0 aromatic heterocycles. The van der Waals surface area contributed by atoms with Gasteiger partial charge in [0.15, 0.2) is 0 Å². The number of aliphatic carboxylic acids is 1. The number of ether oxygens (including phenoxy) is 2. The van der Waals surface area contributed by atoms with Crippen LogP contribution in [0.1, 0.15) is 19.3 Å². The van der Waals surface area contributed by atoms with Crippen molar-refractivity contribution in [3.63, 3.8) is 0 Å². The zero-order valence-electron chi connectivity index (χ0n) is 17.8. The third-order valence-electron chi connectivity index (χ3n) is 5.48. The SMILES string of the molecule is COCCN1CC2(CCN(S(=O)(=O)N(C)C)CC2)CC1COC.O=C(O)C(F)(F)F. The van der Waals surface area contributed by atoms with Crippen molar-refractivity contribution in [2.45, 2.75) is 31.5 Å². The van der Waals surface area contributed by atoms with Crippen molar-refractivity contribution < 1.29 is 41.0 Å². The van der Waals surface area contributed by atoms with E-state index in [9.17, 15) is 21.6 Å². The van der Waals surface area contributed by atoms with Gasteiger partial charge in [0.2, 0.25) is 0 Å². The van der Waals surface area contributed by atoms with E-state index in [2.05, 4.69) is 4.90 Å². The van der Waals surface area contributed by atoms with Gasteiger partial charge in [0.1, 0.15) is 0 Å². The molecule has 2 saturated heterocycles. The predicted octanol–water partition coefficient (Wildman–Crippen LogP) is 0.875. The molecule has 0 radical (unpaired) electrons. The summed E-state index contributed by atoms with van der Waals surface area (Å²) in [7, 11) is 3.36. The Balaban J connectivity index is 0.000000553. The summed E-state index contributed by atoms with van der Waals surface area (Å²) in [6.07, 6.45) is -2.16. The number of hydrogen-bond donors (Lipinski definition) is 1. The average molecular weight is 464 g/mol. The second-order valence-electron chi connectivity index (χ2n) is 7.77. The maximum absolute atomic E-state index is 12.3. The van der Waals surface area contributed by atoms with Crippen LogP contribution in [-0.2, 0) is 24.5 Å². The fourth-order valence-electron chi connectivity index (χ4n) is 3.86. The minimum absolute atomic E-state index is 0.218. The molecule has 2 aliphatic heterocycles. The number of likely N-dealkylation sites (tertiary alicyclic amines) is 1. The number of rotatable bonds is 7. The summed E-state index contributed by atoms with van der Waals surface area (Å²) in [4.78, 5) is 11.3. The Hall–Kier alpha value is -0.990. The predicted molar refractivity (Wildman–Crippen MR) is 103 cm³/mol. The third-order valence-corrected chi connectivity index (χ3v) is 7.42. The normalized spacial score (nSPS) is 22.9. The molecule has 0 aromatic carbocycles. The molecular weight excluding hydrogens is 431 g/mol. The molecule has 0 bridgehead atoms. The zero-order valence-corrected chi connectivity index (χ0v) is 18.6. The highest BCUT2D eigenvalue weighted by atomic mass is 32.2. The number of halogens is 3. The summed E-state index contributed by atoms with van der Waals surface area (Å²) in [5, 5.41) is 7.12. The van der Waals surface area contributed by atoms with E-state index in [0.29, 0.717) is 19.1 Å². The number of carbonyl (C=O) groups is 1. The Morgan fingerprint density at radius 2 is 1.73 bits per heavy atom. The van der Waals surface area contributed by atoms with Gasteiger partial charge >= 0.3 is 12.1 Å². The van der Waals surface area contributed by atoms with E-state index < -0.39 is 22.4 Å². The van der Waals surface area contributed by atoms with Gasteiger partial charge in [0, 0.05) is 60.5 Å². The van der Waals surface area contributed by atoms with E-state index in [4.69, 9.17) is 19.4 Å². The first kappa shape index (κ1) is 27.0. The molecule has 0 amide bonds. The van der Waals surface area contributed by atoms with Crippen LogP contribution < -0.4 is 0 Å². The Bertz CT molecular complexity index is 652. The highest BCUT2D eigenvalue weighted by molar-refractivity contribution is 7.86. The summed E-state index contributed by atoms with van der Waals surface area (Å²) in [6.45, 7) is 4.59. The van der Waals surface area contributed by atoms with Crippen LogP contribution in [0.3, 0.4) is 0 Å². The van der Waals surface area contributed by atoms with Crippen LogP contribution in [0.15, 0.2) is 0 Å². The highest BCUT2D eigenvalue weighted by Gasteiger charge is 2.46. The van der Waals surface area contributed by atoms with Crippen LogP contribution in [0.5, 0.6) is 0 Å². The van der Waals surface area contributed by atoms with Crippen LogP contribution in [0.25, 0.3) is 0 Å². The maximum atomic E-state index is 12.3. The maximum Gasteiger partial charge on any atom is 0.490 e. The van der Waals surface area contributed by atoms with Crippen LogP contribution in [0.2, 0.25) is 0 Å². The van der Waals surface area contributed by atoms with E-state index in [1.807, 2.05) is 0 Å². The van der Waals surface area contributed by atoms with Crippen molar-refractivity contribution in [1.82, 2.24) is 13.5 Å². The summed E-state index contributed by atoms with van der Waals surface area (Å²) in [5.74, 6) is -2.76. The van der Waals surface area contributed by atoms with Crippen molar-refractivity contribution in [2.75, 3.05) is 67.7 Å². The van der Waals surface area contributed by atoms with Gasteiger partial charge in [-0.1, -0.05) is 0 Å².